The van der Waals surface area contributed by atoms with Crippen molar-refractivity contribution in [3.63, 3.8) is 0 Å². The lowest BCUT2D eigenvalue weighted by Gasteiger charge is -2.11. The van der Waals surface area contributed by atoms with E-state index < -0.39 is 0 Å². The Bertz CT molecular complexity index is 1710. The van der Waals surface area contributed by atoms with Gasteiger partial charge in [0.15, 0.2) is 5.82 Å². The maximum atomic E-state index is 14.1. The predicted molar refractivity (Wildman–Crippen MR) is 141 cm³/mol. The maximum Gasteiger partial charge on any atom is 0.159 e. The maximum absolute atomic E-state index is 14.1. The molecule has 2 aromatic carbocycles. The number of aromatic nitrogens is 6. The minimum absolute atomic E-state index is 0.299. The number of anilines is 1. The molecule has 0 atom stereocenters. The lowest BCUT2D eigenvalue weighted by Crippen LogP contribution is -2.09. The van der Waals surface area contributed by atoms with Gasteiger partial charge in [0.25, 0.3) is 0 Å². The molecule has 0 unspecified atom stereocenters. The van der Waals surface area contributed by atoms with Gasteiger partial charge in [-0.25, -0.2) is 9.37 Å². The third-order valence-corrected chi connectivity index (χ3v) is 6.03. The SMILES string of the molecule is Cc1cc(F)cc(-c2nccc3[nH]c(-c4n[nH]c5ccc(-c6cncc(NC(C)C)c6)cc45)nc23)c1. The van der Waals surface area contributed by atoms with Crippen molar-refractivity contribution in [2.24, 2.45) is 0 Å². The molecular weight excluding hydrogens is 453 g/mol. The van der Waals surface area contributed by atoms with Gasteiger partial charge in [-0.15, -0.1) is 0 Å². The van der Waals surface area contributed by atoms with Gasteiger partial charge in [0.1, 0.15) is 17.0 Å². The lowest BCUT2D eigenvalue weighted by molar-refractivity contribution is 0.627. The van der Waals surface area contributed by atoms with Gasteiger partial charge in [0.05, 0.1) is 22.4 Å². The molecule has 0 aliphatic rings. The van der Waals surface area contributed by atoms with E-state index in [9.17, 15) is 4.39 Å². The highest BCUT2D eigenvalue weighted by atomic mass is 19.1. The summed E-state index contributed by atoms with van der Waals surface area (Å²) in [5.74, 6) is 0.316. The Hall–Kier alpha value is -4.59. The first kappa shape index (κ1) is 21.9. The average molecular weight is 478 g/mol. The van der Waals surface area contributed by atoms with Gasteiger partial charge in [0, 0.05) is 41.1 Å². The van der Waals surface area contributed by atoms with Crippen molar-refractivity contribution < 1.29 is 4.39 Å². The topological polar surface area (TPSA) is 95.2 Å². The van der Waals surface area contributed by atoms with Crippen molar-refractivity contribution in [3.8, 4) is 33.9 Å². The third kappa shape index (κ3) is 3.96. The number of aromatic amines is 2. The molecule has 6 rings (SSSR count). The molecule has 178 valence electrons. The fourth-order valence-corrected chi connectivity index (χ4v) is 4.52. The van der Waals surface area contributed by atoms with E-state index in [1.54, 1.807) is 6.20 Å². The zero-order chi connectivity index (χ0) is 24.8. The normalized spacial score (nSPS) is 11.6. The predicted octanol–water partition coefficient (Wildman–Crippen LogP) is 6.50. The quantitative estimate of drug-likeness (QED) is 0.263. The first-order chi connectivity index (χ1) is 17.4. The second-order valence-corrected chi connectivity index (χ2v) is 9.25. The Kier molecular flexibility index (Phi) is 5.21. The van der Waals surface area contributed by atoms with E-state index in [0.717, 1.165) is 38.8 Å². The number of hydrogen-bond donors (Lipinski definition) is 3. The molecule has 0 radical (unpaired) electrons. The molecule has 0 amide bonds. The molecule has 0 saturated carbocycles. The fraction of sp³-hybridized carbons (Fsp3) is 0.143. The highest BCUT2D eigenvalue weighted by Gasteiger charge is 2.17. The van der Waals surface area contributed by atoms with Crippen LogP contribution in [0.15, 0.2) is 67.1 Å². The van der Waals surface area contributed by atoms with Crippen LogP contribution in [0.3, 0.4) is 0 Å². The lowest BCUT2D eigenvalue weighted by atomic mass is 10.0. The molecule has 4 aromatic heterocycles. The van der Waals surface area contributed by atoms with E-state index >= 15 is 0 Å². The van der Waals surface area contributed by atoms with Gasteiger partial charge in [-0.05, 0) is 74.4 Å². The van der Waals surface area contributed by atoms with Crippen LogP contribution < -0.4 is 5.32 Å². The van der Waals surface area contributed by atoms with Gasteiger partial charge in [0.2, 0.25) is 0 Å². The van der Waals surface area contributed by atoms with Crippen LogP contribution in [-0.2, 0) is 0 Å². The van der Waals surface area contributed by atoms with E-state index in [-0.39, 0.29) is 5.82 Å². The van der Waals surface area contributed by atoms with Crippen molar-refractivity contribution in [1.82, 2.24) is 30.1 Å². The number of hydrogen-bond acceptors (Lipinski definition) is 5. The standard InChI is InChI=1S/C28H24FN7/c1-15(2)32-21-11-19(13-30-14-21)17-4-5-23-22(12-17)26(36-35-23)28-33-24-6-7-31-25(27(24)34-28)18-8-16(3)9-20(29)10-18/h4-15,32H,1-3H3,(H,33,34)(H,35,36). The van der Waals surface area contributed by atoms with Crippen molar-refractivity contribution in [2.45, 2.75) is 26.8 Å². The second-order valence-electron chi connectivity index (χ2n) is 9.25. The van der Waals surface area contributed by atoms with E-state index in [0.29, 0.717) is 34.3 Å². The molecule has 36 heavy (non-hydrogen) atoms. The number of imidazole rings is 1. The summed E-state index contributed by atoms with van der Waals surface area (Å²) in [6.07, 6.45) is 5.38. The molecule has 0 saturated heterocycles. The Morgan fingerprint density at radius 2 is 1.78 bits per heavy atom. The third-order valence-electron chi connectivity index (χ3n) is 6.03. The molecule has 7 nitrogen and oxygen atoms in total. The van der Waals surface area contributed by atoms with Gasteiger partial charge < -0.3 is 10.3 Å². The monoisotopic (exact) mass is 477 g/mol. The fourth-order valence-electron chi connectivity index (χ4n) is 4.52. The summed E-state index contributed by atoms with van der Waals surface area (Å²) >= 11 is 0. The molecule has 0 aliphatic carbocycles. The largest absolute Gasteiger partial charge is 0.382 e. The summed E-state index contributed by atoms with van der Waals surface area (Å²) in [6.45, 7) is 6.06. The molecule has 3 N–H and O–H groups in total. The van der Waals surface area contributed by atoms with E-state index in [1.165, 1.54) is 12.1 Å². The molecule has 0 fully saturated rings. The van der Waals surface area contributed by atoms with Gasteiger partial charge in [-0.1, -0.05) is 6.07 Å². The first-order valence-corrected chi connectivity index (χ1v) is 11.8. The minimum Gasteiger partial charge on any atom is -0.382 e. The smallest absolute Gasteiger partial charge is 0.159 e. The summed E-state index contributed by atoms with van der Waals surface area (Å²) in [6, 6.07) is 15.3. The molecule has 0 bridgehead atoms. The number of benzene rings is 2. The summed E-state index contributed by atoms with van der Waals surface area (Å²) in [5.41, 5.74) is 8.22. The number of H-pyrrole nitrogens is 2. The van der Waals surface area contributed by atoms with Crippen molar-refractivity contribution in [2.75, 3.05) is 5.32 Å². The Labute approximate surface area is 206 Å². The highest BCUT2D eigenvalue weighted by Crippen LogP contribution is 2.33. The number of halogens is 1. The van der Waals surface area contributed by atoms with Crippen LogP contribution in [0.5, 0.6) is 0 Å². The highest BCUT2D eigenvalue weighted by molar-refractivity contribution is 5.97. The van der Waals surface area contributed by atoms with E-state index in [1.807, 2.05) is 43.6 Å². The van der Waals surface area contributed by atoms with Gasteiger partial charge in [-0.2, -0.15) is 5.10 Å². The van der Waals surface area contributed by atoms with Crippen molar-refractivity contribution in [3.05, 3.63) is 78.5 Å². The van der Waals surface area contributed by atoms with Crippen molar-refractivity contribution in [1.29, 1.82) is 0 Å². The number of pyridine rings is 2. The van der Waals surface area contributed by atoms with E-state index in [2.05, 4.69) is 56.4 Å². The number of fused-ring (bicyclic) bond motifs is 2. The summed E-state index contributed by atoms with van der Waals surface area (Å²) in [5, 5.41) is 12.0. The summed E-state index contributed by atoms with van der Waals surface area (Å²) in [4.78, 5) is 17.1. The number of aryl methyl sites for hydroxylation is 1. The molecule has 4 heterocycles. The van der Waals surface area contributed by atoms with Gasteiger partial charge >= 0.3 is 0 Å². The minimum atomic E-state index is -0.299. The average Bonchev–Trinajstić information content (AvgIpc) is 3.46. The summed E-state index contributed by atoms with van der Waals surface area (Å²) in [7, 11) is 0. The van der Waals surface area contributed by atoms with Crippen LogP contribution in [0.4, 0.5) is 10.1 Å². The Morgan fingerprint density at radius 3 is 2.61 bits per heavy atom. The first-order valence-electron chi connectivity index (χ1n) is 11.8. The van der Waals surface area contributed by atoms with E-state index in [4.69, 9.17) is 4.98 Å². The van der Waals surface area contributed by atoms with Crippen LogP contribution in [0.2, 0.25) is 0 Å². The zero-order valence-electron chi connectivity index (χ0n) is 20.1. The van der Waals surface area contributed by atoms with Crippen LogP contribution in [0, 0.1) is 12.7 Å². The van der Waals surface area contributed by atoms with Gasteiger partial charge in [-0.3, -0.25) is 15.1 Å². The second kappa shape index (κ2) is 8.57. The molecular formula is C28H24FN7. The van der Waals surface area contributed by atoms with Crippen LogP contribution in [0.1, 0.15) is 19.4 Å². The van der Waals surface area contributed by atoms with Crippen LogP contribution in [0.25, 0.3) is 55.8 Å². The molecule has 6 aromatic rings. The van der Waals surface area contributed by atoms with Crippen LogP contribution >= 0.6 is 0 Å². The Balaban J connectivity index is 1.45. The number of nitrogens with zero attached hydrogens (tertiary/aromatic N) is 4. The molecule has 0 spiro atoms. The Morgan fingerprint density at radius 1 is 0.889 bits per heavy atom. The molecule has 0 aliphatic heterocycles. The zero-order valence-corrected chi connectivity index (χ0v) is 20.1. The van der Waals surface area contributed by atoms with Crippen molar-refractivity contribution >= 4 is 27.6 Å². The number of rotatable bonds is 5. The molecule has 8 heteroatoms. The van der Waals surface area contributed by atoms with Crippen LogP contribution in [-0.4, -0.2) is 36.2 Å². The number of nitrogens with one attached hydrogen (secondary N) is 3. The summed E-state index contributed by atoms with van der Waals surface area (Å²) < 4.78 is 14.1.